The van der Waals surface area contributed by atoms with Gasteiger partial charge in [0.05, 0.1) is 0 Å². The third kappa shape index (κ3) is 1.97. The Morgan fingerprint density at radius 1 is 1.70 bits per heavy atom. The number of rotatable bonds is 2. The van der Waals surface area contributed by atoms with Gasteiger partial charge in [-0.25, -0.2) is 0 Å². The SMILES string of the molecule is CC[C@@H]1CNCC[C@H]1[O][Al]. The van der Waals surface area contributed by atoms with Gasteiger partial charge in [0.15, 0.2) is 0 Å². The second-order valence-corrected chi connectivity index (χ2v) is 3.11. The van der Waals surface area contributed by atoms with Crippen LogP contribution in [-0.2, 0) is 3.79 Å². The summed E-state index contributed by atoms with van der Waals surface area (Å²) in [5.74, 6) is 0.714. The van der Waals surface area contributed by atoms with Gasteiger partial charge >= 0.3 is 16.6 Å². The molecule has 56 valence electrons. The lowest BCUT2D eigenvalue weighted by Crippen LogP contribution is -2.40. The Hall–Kier alpha value is 0.452. The summed E-state index contributed by atoms with van der Waals surface area (Å²) in [6.45, 7) is 4.44. The first kappa shape index (κ1) is 8.55. The maximum absolute atomic E-state index is 5.27. The molecule has 1 fully saturated rings. The molecule has 0 aromatic rings. The lowest BCUT2D eigenvalue weighted by molar-refractivity contribution is 0.110. The van der Waals surface area contributed by atoms with E-state index in [1.165, 1.54) is 6.42 Å². The molecule has 1 saturated heterocycles. The van der Waals surface area contributed by atoms with Crippen molar-refractivity contribution in [2.24, 2.45) is 5.92 Å². The summed E-state index contributed by atoms with van der Waals surface area (Å²) in [6, 6.07) is 0. The number of nitrogens with one attached hydrogen (secondary N) is 1. The zero-order valence-corrected chi connectivity index (χ0v) is 7.62. The van der Waals surface area contributed by atoms with Crippen LogP contribution in [0.4, 0.5) is 0 Å². The molecule has 0 unspecified atom stereocenters. The molecular weight excluding hydrogens is 141 g/mol. The fraction of sp³-hybridized carbons (Fsp3) is 1.00. The molecule has 1 rings (SSSR count). The first-order valence-electron chi connectivity index (χ1n) is 3.94. The average Bonchev–Trinajstić information content (AvgIpc) is 2.04. The summed E-state index contributed by atoms with van der Waals surface area (Å²) in [6.07, 6.45) is 2.84. The Morgan fingerprint density at radius 2 is 2.50 bits per heavy atom. The van der Waals surface area contributed by atoms with Crippen molar-refractivity contribution >= 4 is 16.6 Å². The Labute approximate surface area is 71.1 Å². The predicted molar refractivity (Wildman–Crippen MR) is 41.9 cm³/mol. The van der Waals surface area contributed by atoms with E-state index in [4.69, 9.17) is 3.79 Å². The van der Waals surface area contributed by atoms with Crippen molar-refractivity contribution < 1.29 is 3.79 Å². The van der Waals surface area contributed by atoms with Crippen LogP contribution in [0.5, 0.6) is 0 Å². The molecule has 0 aromatic heterocycles. The fourth-order valence-corrected chi connectivity index (χ4v) is 1.84. The standard InChI is InChI=1S/C7H14NO.Al/c1-2-6-5-8-4-3-7(6)9;/h6-8H,2-5H2,1H3;/q-1;+1/t6-,7-;/m1./s1. The van der Waals surface area contributed by atoms with E-state index in [2.05, 4.69) is 28.9 Å². The van der Waals surface area contributed by atoms with Gasteiger partial charge in [-0.1, -0.05) is 6.92 Å². The highest BCUT2D eigenvalue weighted by atomic mass is 27.1. The fourth-order valence-electron chi connectivity index (χ4n) is 1.49. The van der Waals surface area contributed by atoms with Crippen LogP contribution in [-0.4, -0.2) is 35.8 Å². The van der Waals surface area contributed by atoms with Gasteiger partial charge in [0, 0.05) is 12.6 Å². The van der Waals surface area contributed by atoms with Crippen molar-refractivity contribution in [3.8, 4) is 0 Å². The molecule has 0 spiro atoms. The normalized spacial score (nSPS) is 34.1. The summed E-state index contributed by atoms with van der Waals surface area (Å²) in [4.78, 5) is 0. The average molecular weight is 155 g/mol. The van der Waals surface area contributed by atoms with Crippen molar-refractivity contribution in [3.05, 3.63) is 0 Å². The lowest BCUT2D eigenvalue weighted by Gasteiger charge is -2.31. The Morgan fingerprint density at radius 3 is 3.00 bits per heavy atom. The minimum absolute atomic E-state index is 0.469. The zero-order valence-electron chi connectivity index (χ0n) is 6.47. The first-order chi connectivity index (χ1) is 4.88. The lowest BCUT2D eigenvalue weighted by atomic mass is 9.94. The molecule has 3 heteroatoms. The quantitative estimate of drug-likeness (QED) is 0.585. The molecule has 0 amide bonds. The smallest absolute Gasteiger partial charge is 0.369 e. The molecular formula is C7H14AlNO. The summed E-state index contributed by atoms with van der Waals surface area (Å²) in [5, 5.41) is 3.36. The number of piperidine rings is 1. The molecule has 10 heavy (non-hydrogen) atoms. The van der Waals surface area contributed by atoms with Crippen molar-refractivity contribution in [3.63, 3.8) is 0 Å². The van der Waals surface area contributed by atoms with E-state index in [0.29, 0.717) is 12.0 Å². The highest BCUT2D eigenvalue weighted by molar-refractivity contribution is 5.98. The van der Waals surface area contributed by atoms with Gasteiger partial charge in [0.25, 0.3) is 0 Å². The van der Waals surface area contributed by atoms with Gasteiger partial charge < -0.3 is 9.11 Å². The van der Waals surface area contributed by atoms with E-state index >= 15 is 0 Å². The molecule has 0 bridgehead atoms. The van der Waals surface area contributed by atoms with E-state index in [9.17, 15) is 0 Å². The van der Waals surface area contributed by atoms with Gasteiger partial charge in [0.2, 0.25) is 0 Å². The Balaban J connectivity index is 2.34. The van der Waals surface area contributed by atoms with Crippen molar-refractivity contribution in [2.75, 3.05) is 13.1 Å². The minimum atomic E-state index is 0.469. The molecule has 2 atom stereocenters. The summed E-state index contributed by atoms with van der Waals surface area (Å²) in [5.41, 5.74) is 0. The van der Waals surface area contributed by atoms with E-state index in [1.807, 2.05) is 0 Å². The van der Waals surface area contributed by atoms with Crippen LogP contribution in [0.2, 0.25) is 0 Å². The van der Waals surface area contributed by atoms with Crippen LogP contribution in [0.1, 0.15) is 19.8 Å². The zero-order chi connectivity index (χ0) is 7.40. The van der Waals surface area contributed by atoms with Crippen molar-refractivity contribution in [1.29, 1.82) is 0 Å². The molecule has 1 heterocycles. The molecule has 0 saturated carbocycles. The molecule has 0 aromatic carbocycles. The minimum Gasteiger partial charge on any atom is -0.513 e. The van der Waals surface area contributed by atoms with Crippen LogP contribution in [0, 0.1) is 5.92 Å². The molecule has 0 aliphatic carbocycles. The monoisotopic (exact) mass is 155 g/mol. The third-order valence-corrected chi connectivity index (χ3v) is 2.59. The maximum Gasteiger partial charge on any atom is 0.369 e. The Bertz CT molecular complexity index is 87.6. The summed E-state index contributed by atoms with van der Waals surface area (Å²) >= 11 is 2.37. The second kappa shape index (κ2) is 4.36. The molecule has 2 nitrogen and oxygen atoms in total. The first-order valence-corrected chi connectivity index (χ1v) is 4.42. The van der Waals surface area contributed by atoms with Gasteiger partial charge in [-0.05, 0) is 25.3 Å². The topological polar surface area (TPSA) is 21.3 Å². The van der Waals surface area contributed by atoms with Crippen LogP contribution in [0.15, 0.2) is 0 Å². The largest absolute Gasteiger partial charge is 0.513 e. The van der Waals surface area contributed by atoms with Gasteiger partial charge in [-0.15, -0.1) is 0 Å². The van der Waals surface area contributed by atoms with Crippen LogP contribution in [0.3, 0.4) is 0 Å². The van der Waals surface area contributed by atoms with Gasteiger partial charge in [-0.3, -0.25) is 0 Å². The molecule has 1 aliphatic rings. The molecule has 1 aliphatic heterocycles. The summed E-state index contributed by atoms with van der Waals surface area (Å²) < 4.78 is 5.27. The van der Waals surface area contributed by atoms with Crippen LogP contribution < -0.4 is 5.32 Å². The van der Waals surface area contributed by atoms with E-state index < -0.39 is 0 Å². The van der Waals surface area contributed by atoms with E-state index in [1.54, 1.807) is 0 Å². The summed E-state index contributed by atoms with van der Waals surface area (Å²) in [7, 11) is 0. The predicted octanol–water partition coefficient (Wildman–Crippen LogP) is 0.475. The van der Waals surface area contributed by atoms with Crippen LogP contribution >= 0.6 is 0 Å². The molecule has 2 radical (unpaired) electrons. The van der Waals surface area contributed by atoms with Gasteiger partial charge in [-0.2, -0.15) is 0 Å². The van der Waals surface area contributed by atoms with E-state index in [0.717, 1.165) is 19.5 Å². The van der Waals surface area contributed by atoms with Crippen molar-refractivity contribution in [1.82, 2.24) is 5.32 Å². The second-order valence-electron chi connectivity index (χ2n) is 2.84. The highest BCUT2D eigenvalue weighted by Crippen LogP contribution is 2.16. The third-order valence-electron chi connectivity index (χ3n) is 2.24. The molecule has 1 N–H and O–H groups in total. The number of hydrogen-bond acceptors (Lipinski definition) is 2. The highest BCUT2D eigenvalue weighted by Gasteiger charge is 2.21. The van der Waals surface area contributed by atoms with Crippen LogP contribution in [0.25, 0.3) is 0 Å². The number of hydrogen-bond donors (Lipinski definition) is 1. The Kier molecular flexibility index (Phi) is 3.72. The van der Waals surface area contributed by atoms with Gasteiger partial charge in [0.1, 0.15) is 0 Å². The van der Waals surface area contributed by atoms with Crippen molar-refractivity contribution in [2.45, 2.75) is 25.9 Å². The van der Waals surface area contributed by atoms with E-state index in [-0.39, 0.29) is 0 Å². The maximum atomic E-state index is 5.27.